The van der Waals surface area contributed by atoms with Crippen molar-refractivity contribution in [1.82, 2.24) is 0 Å². The number of fused-ring (bicyclic) bond motifs is 1. The molecule has 2 unspecified atom stereocenters. The first-order valence-corrected chi connectivity index (χ1v) is 5.51. The van der Waals surface area contributed by atoms with E-state index in [9.17, 15) is 18.3 Å². The van der Waals surface area contributed by atoms with Crippen LogP contribution < -0.4 is 5.32 Å². The lowest BCUT2D eigenvalue weighted by Gasteiger charge is -2.13. The molecule has 2 rings (SSSR count). The highest BCUT2D eigenvalue weighted by Crippen LogP contribution is 2.35. The van der Waals surface area contributed by atoms with Crippen molar-refractivity contribution in [2.75, 3.05) is 5.32 Å². The third-order valence-corrected chi connectivity index (χ3v) is 2.89. The fraction of sp³-hybridized carbons (Fsp3) is 0.500. The highest BCUT2D eigenvalue weighted by Gasteiger charge is 2.32. The number of aliphatic hydroxyl groups excluding tert-OH is 1. The molecule has 1 aliphatic heterocycles. The Kier molecular flexibility index (Phi) is 3.03. The van der Waals surface area contributed by atoms with E-state index < -0.39 is 17.8 Å². The first kappa shape index (κ1) is 12.2. The molecule has 0 bridgehead atoms. The third-order valence-electron chi connectivity index (χ3n) is 2.89. The summed E-state index contributed by atoms with van der Waals surface area (Å²) < 4.78 is 37.5. The van der Waals surface area contributed by atoms with Gasteiger partial charge in [0.25, 0.3) is 0 Å². The zero-order valence-corrected chi connectivity index (χ0v) is 9.38. The maximum absolute atomic E-state index is 12.5. The molecule has 0 radical (unpaired) electrons. The first-order chi connectivity index (χ1) is 7.86. The van der Waals surface area contributed by atoms with E-state index in [1.165, 1.54) is 6.07 Å². The van der Waals surface area contributed by atoms with E-state index in [1.54, 1.807) is 6.92 Å². The molecule has 2 N–H and O–H groups in total. The molecule has 0 amide bonds. The molecule has 1 aromatic carbocycles. The van der Waals surface area contributed by atoms with Gasteiger partial charge in [0, 0.05) is 11.7 Å². The molecule has 0 aliphatic carbocycles. The van der Waals surface area contributed by atoms with Crippen LogP contribution in [0.3, 0.4) is 0 Å². The van der Waals surface area contributed by atoms with Crippen molar-refractivity contribution < 1.29 is 18.3 Å². The molecule has 5 heteroatoms. The molecule has 0 saturated heterocycles. The molecule has 0 saturated carbocycles. The van der Waals surface area contributed by atoms with Crippen molar-refractivity contribution in [3.8, 4) is 0 Å². The third kappa shape index (κ3) is 2.72. The normalized spacial score (nSPS) is 20.9. The zero-order valence-electron chi connectivity index (χ0n) is 9.38. The number of rotatable bonds is 2. The van der Waals surface area contributed by atoms with E-state index >= 15 is 0 Å². The van der Waals surface area contributed by atoms with Gasteiger partial charge in [-0.25, -0.2) is 0 Å². The predicted molar refractivity (Wildman–Crippen MR) is 58.9 cm³/mol. The van der Waals surface area contributed by atoms with Crippen LogP contribution in [0.25, 0.3) is 0 Å². The highest BCUT2D eigenvalue weighted by molar-refractivity contribution is 5.58. The van der Waals surface area contributed by atoms with E-state index in [4.69, 9.17) is 0 Å². The van der Waals surface area contributed by atoms with Crippen LogP contribution in [0.5, 0.6) is 0 Å². The molecule has 2 atom stereocenters. The molecule has 0 spiro atoms. The SMILES string of the molecule is CC(O)CC1Cc2ccc(C(F)(F)F)cc2N1. The summed E-state index contributed by atoms with van der Waals surface area (Å²) in [7, 11) is 0. The lowest BCUT2D eigenvalue weighted by Crippen LogP contribution is -2.21. The fourth-order valence-electron chi connectivity index (χ4n) is 2.16. The van der Waals surface area contributed by atoms with Gasteiger partial charge in [-0.1, -0.05) is 6.07 Å². The average molecular weight is 245 g/mol. The number of nitrogens with one attached hydrogen (secondary N) is 1. The maximum Gasteiger partial charge on any atom is 0.416 e. The molecule has 2 nitrogen and oxygen atoms in total. The standard InChI is InChI=1S/C12H14F3NO/c1-7(17)4-10-5-8-2-3-9(12(13,14)15)6-11(8)16-10/h2-3,6-7,10,16-17H,4-5H2,1H3. The summed E-state index contributed by atoms with van der Waals surface area (Å²) in [5.74, 6) is 0. The molecule has 1 aromatic rings. The average Bonchev–Trinajstić information content (AvgIpc) is 2.55. The van der Waals surface area contributed by atoms with Crippen molar-refractivity contribution >= 4 is 5.69 Å². The number of anilines is 1. The van der Waals surface area contributed by atoms with Crippen LogP contribution in [0, 0.1) is 0 Å². The van der Waals surface area contributed by atoms with E-state index in [0.717, 1.165) is 17.7 Å². The Balaban J connectivity index is 2.17. The molecule has 0 fully saturated rings. The monoisotopic (exact) mass is 245 g/mol. The summed E-state index contributed by atoms with van der Waals surface area (Å²) in [5, 5.41) is 12.3. The molecular formula is C12H14F3NO. The van der Waals surface area contributed by atoms with E-state index in [-0.39, 0.29) is 6.04 Å². The largest absolute Gasteiger partial charge is 0.416 e. The van der Waals surface area contributed by atoms with E-state index in [2.05, 4.69) is 5.32 Å². The van der Waals surface area contributed by atoms with Crippen LogP contribution in [0.4, 0.5) is 18.9 Å². The summed E-state index contributed by atoms with van der Waals surface area (Å²) in [6.45, 7) is 1.67. The Morgan fingerprint density at radius 3 is 2.76 bits per heavy atom. The van der Waals surface area contributed by atoms with Crippen molar-refractivity contribution in [3.63, 3.8) is 0 Å². The second kappa shape index (κ2) is 4.22. The number of hydrogen-bond acceptors (Lipinski definition) is 2. The quantitative estimate of drug-likeness (QED) is 0.839. The van der Waals surface area contributed by atoms with Crippen LogP contribution in [-0.4, -0.2) is 17.3 Å². The second-order valence-electron chi connectivity index (χ2n) is 4.50. The van der Waals surface area contributed by atoms with Crippen LogP contribution in [0.15, 0.2) is 18.2 Å². The summed E-state index contributed by atoms with van der Waals surface area (Å²) in [5.41, 5.74) is 0.774. The molecule has 94 valence electrons. The maximum atomic E-state index is 12.5. The smallest absolute Gasteiger partial charge is 0.393 e. The van der Waals surface area contributed by atoms with Gasteiger partial charge in [-0.15, -0.1) is 0 Å². The number of benzene rings is 1. The van der Waals surface area contributed by atoms with Gasteiger partial charge < -0.3 is 10.4 Å². The van der Waals surface area contributed by atoms with E-state index in [1.807, 2.05) is 0 Å². The number of hydrogen-bond donors (Lipinski definition) is 2. The van der Waals surface area contributed by atoms with Crippen molar-refractivity contribution in [3.05, 3.63) is 29.3 Å². The topological polar surface area (TPSA) is 32.3 Å². The number of aliphatic hydroxyl groups is 1. The molecule has 17 heavy (non-hydrogen) atoms. The van der Waals surface area contributed by atoms with Gasteiger partial charge in [0.2, 0.25) is 0 Å². The Hall–Kier alpha value is -1.23. The Morgan fingerprint density at radius 1 is 1.47 bits per heavy atom. The zero-order chi connectivity index (χ0) is 12.6. The molecular weight excluding hydrogens is 231 g/mol. The summed E-state index contributed by atoms with van der Waals surface area (Å²) in [4.78, 5) is 0. The summed E-state index contributed by atoms with van der Waals surface area (Å²) in [6.07, 6.45) is -3.56. The number of alkyl halides is 3. The van der Waals surface area contributed by atoms with Crippen LogP contribution in [0.2, 0.25) is 0 Å². The minimum atomic E-state index is -4.31. The Labute approximate surface area is 97.5 Å². The van der Waals surface area contributed by atoms with Gasteiger partial charge in [-0.05, 0) is 37.5 Å². The predicted octanol–water partition coefficient (Wildman–Crippen LogP) is 2.81. The minimum absolute atomic E-state index is 0.0217. The first-order valence-electron chi connectivity index (χ1n) is 5.51. The van der Waals surface area contributed by atoms with Gasteiger partial charge in [-0.2, -0.15) is 13.2 Å². The van der Waals surface area contributed by atoms with Crippen LogP contribution in [-0.2, 0) is 12.6 Å². The van der Waals surface area contributed by atoms with Crippen LogP contribution >= 0.6 is 0 Å². The molecule has 0 aromatic heterocycles. The Morgan fingerprint density at radius 2 is 2.18 bits per heavy atom. The summed E-state index contributed by atoms with van der Waals surface area (Å²) in [6, 6.07) is 3.77. The lowest BCUT2D eigenvalue weighted by molar-refractivity contribution is -0.137. The van der Waals surface area contributed by atoms with Gasteiger partial charge >= 0.3 is 6.18 Å². The van der Waals surface area contributed by atoms with Gasteiger partial charge in [0.15, 0.2) is 0 Å². The molecule has 1 heterocycles. The van der Waals surface area contributed by atoms with Gasteiger partial charge in [-0.3, -0.25) is 0 Å². The highest BCUT2D eigenvalue weighted by atomic mass is 19.4. The van der Waals surface area contributed by atoms with Crippen molar-refractivity contribution in [1.29, 1.82) is 0 Å². The van der Waals surface area contributed by atoms with Crippen molar-refractivity contribution in [2.45, 2.75) is 38.1 Å². The second-order valence-corrected chi connectivity index (χ2v) is 4.50. The van der Waals surface area contributed by atoms with Crippen molar-refractivity contribution in [2.24, 2.45) is 0 Å². The minimum Gasteiger partial charge on any atom is -0.393 e. The van der Waals surface area contributed by atoms with Gasteiger partial charge in [0.1, 0.15) is 0 Å². The number of halogens is 3. The summed E-state index contributed by atoms with van der Waals surface area (Å²) >= 11 is 0. The lowest BCUT2D eigenvalue weighted by atomic mass is 10.0. The van der Waals surface area contributed by atoms with E-state index in [0.29, 0.717) is 18.5 Å². The fourth-order valence-corrected chi connectivity index (χ4v) is 2.16. The van der Waals surface area contributed by atoms with Gasteiger partial charge in [0.05, 0.1) is 11.7 Å². The molecule has 1 aliphatic rings. The Bertz CT molecular complexity index is 415. The van der Waals surface area contributed by atoms with Crippen LogP contribution in [0.1, 0.15) is 24.5 Å².